The minimum Gasteiger partial charge on any atom is -0.380 e. The molecule has 2 N–H and O–H groups in total. The first-order valence-electron chi connectivity index (χ1n) is 10.8. The van der Waals surface area contributed by atoms with Crippen LogP contribution in [0.15, 0.2) is 18.5 Å². The summed E-state index contributed by atoms with van der Waals surface area (Å²) in [6.07, 6.45) is 8.59. The van der Waals surface area contributed by atoms with E-state index in [2.05, 4.69) is 20.7 Å². The summed E-state index contributed by atoms with van der Waals surface area (Å²) in [5, 5.41) is 10.9. The first kappa shape index (κ1) is 21.8. The van der Waals surface area contributed by atoms with Gasteiger partial charge in [0.2, 0.25) is 11.8 Å². The highest BCUT2D eigenvalue weighted by atomic mass is 35.5. The highest BCUT2D eigenvalue weighted by Gasteiger charge is 2.28. The van der Waals surface area contributed by atoms with Crippen molar-refractivity contribution < 1.29 is 14.3 Å². The molecular formula is C22H28ClN5O3. The number of nitrogens with one attached hydrogen (secondary N) is 2. The van der Waals surface area contributed by atoms with E-state index in [0.717, 1.165) is 55.5 Å². The van der Waals surface area contributed by atoms with Crippen LogP contribution in [0.3, 0.4) is 0 Å². The molecule has 8 nitrogen and oxygen atoms in total. The summed E-state index contributed by atoms with van der Waals surface area (Å²) >= 11 is 6.46. The van der Waals surface area contributed by atoms with Crippen LogP contribution in [-0.4, -0.2) is 45.8 Å². The Morgan fingerprint density at radius 3 is 2.84 bits per heavy atom. The number of hydrogen-bond acceptors (Lipinski definition) is 5. The zero-order valence-electron chi connectivity index (χ0n) is 17.9. The van der Waals surface area contributed by atoms with Crippen molar-refractivity contribution in [1.82, 2.24) is 20.1 Å². The molecule has 3 heterocycles. The number of fused-ring (bicyclic) bond motifs is 1. The molecule has 2 aromatic heterocycles. The number of hydrogen-bond donors (Lipinski definition) is 2. The molecule has 0 saturated heterocycles. The van der Waals surface area contributed by atoms with Crippen LogP contribution >= 0.6 is 11.6 Å². The highest BCUT2D eigenvalue weighted by molar-refractivity contribution is 6.33. The van der Waals surface area contributed by atoms with E-state index in [1.165, 1.54) is 6.92 Å². The topological polar surface area (TPSA) is 98.1 Å². The van der Waals surface area contributed by atoms with Crippen molar-refractivity contribution in [2.75, 3.05) is 12.4 Å². The van der Waals surface area contributed by atoms with E-state index in [1.54, 1.807) is 13.3 Å². The molecule has 0 radical (unpaired) electrons. The third-order valence-corrected chi connectivity index (χ3v) is 6.51. The molecule has 1 aliphatic carbocycles. The maximum atomic E-state index is 12.9. The number of pyridine rings is 1. The maximum absolute atomic E-state index is 12.9. The molecular weight excluding hydrogens is 418 g/mol. The lowest BCUT2D eigenvalue weighted by Crippen LogP contribution is -2.40. The van der Waals surface area contributed by atoms with Gasteiger partial charge in [-0.05, 0) is 38.2 Å². The van der Waals surface area contributed by atoms with Gasteiger partial charge >= 0.3 is 0 Å². The minimum atomic E-state index is -0.151. The number of halogens is 1. The predicted octanol–water partition coefficient (Wildman–Crippen LogP) is 3.19. The first-order valence-corrected chi connectivity index (χ1v) is 11.1. The molecule has 1 fully saturated rings. The van der Waals surface area contributed by atoms with Gasteiger partial charge in [0.05, 0.1) is 23.9 Å². The van der Waals surface area contributed by atoms with Gasteiger partial charge in [-0.3, -0.25) is 14.3 Å². The first-order chi connectivity index (χ1) is 14.9. The molecule has 0 spiro atoms. The van der Waals surface area contributed by atoms with E-state index < -0.39 is 0 Å². The molecule has 1 saturated carbocycles. The van der Waals surface area contributed by atoms with Gasteiger partial charge in [-0.2, -0.15) is 5.10 Å². The number of anilines is 1. The zero-order valence-corrected chi connectivity index (χ0v) is 18.6. The monoisotopic (exact) mass is 445 g/mol. The number of ether oxygens (including phenoxy) is 1. The van der Waals surface area contributed by atoms with Gasteiger partial charge in [0, 0.05) is 49.0 Å². The Balaban J connectivity index is 1.49. The van der Waals surface area contributed by atoms with Gasteiger partial charge in [0.25, 0.3) is 0 Å². The minimum absolute atomic E-state index is 0.0469. The van der Waals surface area contributed by atoms with Crippen LogP contribution in [0.2, 0.25) is 5.02 Å². The third kappa shape index (κ3) is 4.91. The number of amides is 2. The molecule has 4 rings (SSSR count). The second-order valence-corrected chi connectivity index (χ2v) is 8.79. The average molecular weight is 446 g/mol. The van der Waals surface area contributed by atoms with Crippen LogP contribution in [0.25, 0.3) is 11.1 Å². The summed E-state index contributed by atoms with van der Waals surface area (Å²) in [5.74, 6) is 0.185. The van der Waals surface area contributed by atoms with Crippen LogP contribution in [0, 0.1) is 5.92 Å². The molecule has 2 amide bonds. The van der Waals surface area contributed by atoms with E-state index in [1.807, 2.05) is 16.9 Å². The number of methoxy groups -OCH3 is 1. The van der Waals surface area contributed by atoms with Crippen LogP contribution in [0.1, 0.15) is 44.7 Å². The SMILES string of the molecule is COC1CCc2c(-c3cc(NC(=O)[C@@H]4CCC[C@H](NC(C)=O)C4)ncc3Cl)cnn2C1. The van der Waals surface area contributed by atoms with E-state index in [-0.39, 0.29) is 29.9 Å². The van der Waals surface area contributed by atoms with Crippen molar-refractivity contribution in [2.24, 2.45) is 5.92 Å². The van der Waals surface area contributed by atoms with Crippen LogP contribution in [0.5, 0.6) is 0 Å². The second-order valence-electron chi connectivity index (χ2n) is 8.38. The van der Waals surface area contributed by atoms with Crippen LogP contribution in [-0.2, 0) is 27.3 Å². The molecule has 0 bridgehead atoms. The second kappa shape index (κ2) is 9.36. The van der Waals surface area contributed by atoms with E-state index in [9.17, 15) is 9.59 Å². The lowest BCUT2D eigenvalue weighted by molar-refractivity contribution is -0.123. The van der Waals surface area contributed by atoms with E-state index >= 15 is 0 Å². The van der Waals surface area contributed by atoms with Crippen molar-refractivity contribution >= 4 is 29.2 Å². The summed E-state index contributed by atoms with van der Waals surface area (Å²) in [4.78, 5) is 28.5. The Labute approximate surface area is 186 Å². The van der Waals surface area contributed by atoms with Gasteiger partial charge in [-0.1, -0.05) is 18.0 Å². The van der Waals surface area contributed by atoms with Crippen molar-refractivity contribution in [3.05, 3.63) is 29.2 Å². The Hall–Kier alpha value is -2.45. The molecule has 3 atom stereocenters. The summed E-state index contributed by atoms with van der Waals surface area (Å²) < 4.78 is 7.43. The van der Waals surface area contributed by atoms with Gasteiger partial charge in [0.1, 0.15) is 5.82 Å². The fourth-order valence-corrected chi connectivity index (χ4v) is 4.82. The Kier molecular flexibility index (Phi) is 6.57. The highest BCUT2D eigenvalue weighted by Crippen LogP contribution is 2.34. The molecule has 0 aromatic carbocycles. The van der Waals surface area contributed by atoms with Gasteiger partial charge < -0.3 is 15.4 Å². The van der Waals surface area contributed by atoms with Crippen molar-refractivity contribution in [3.8, 4) is 11.1 Å². The van der Waals surface area contributed by atoms with E-state index in [4.69, 9.17) is 16.3 Å². The number of rotatable bonds is 5. The largest absolute Gasteiger partial charge is 0.380 e. The molecule has 166 valence electrons. The van der Waals surface area contributed by atoms with Gasteiger partial charge in [0.15, 0.2) is 0 Å². The number of carbonyl (C=O) groups excluding carboxylic acids is 2. The fourth-order valence-electron chi connectivity index (χ4n) is 4.62. The number of nitrogens with zero attached hydrogens (tertiary/aromatic N) is 3. The molecule has 31 heavy (non-hydrogen) atoms. The van der Waals surface area contributed by atoms with Crippen LogP contribution in [0.4, 0.5) is 5.82 Å². The van der Waals surface area contributed by atoms with Crippen molar-refractivity contribution in [3.63, 3.8) is 0 Å². The molecule has 2 aliphatic rings. The molecule has 1 unspecified atom stereocenters. The maximum Gasteiger partial charge on any atom is 0.228 e. The van der Waals surface area contributed by atoms with Crippen molar-refractivity contribution in [1.29, 1.82) is 0 Å². The average Bonchev–Trinajstić information content (AvgIpc) is 3.17. The summed E-state index contributed by atoms with van der Waals surface area (Å²) in [6.45, 7) is 2.23. The number of carbonyl (C=O) groups is 2. The zero-order chi connectivity index (χ0) is 22.0. The smallest absolute Gasteiger partial charge is 0.228 e. The Morgan fingerprint density at radius 1 is 1.23 bits per heavy atom. The summed E-state index contributed by atoms with van der Waals surface area (Å²) in [5.41, 5.74) is 2.88. The van der Waals surface area contributed by atoms with Gasteiger partial charge in [-0.25, -0.2) is 4.98 Å². The molecule has 1 aliphatic heterocycles. The Morgan fingerprint density at radius 2 is 2.06 bits per heavy atom. The molecule has 9 heteroatoms. The summed E-state index contributed by atoms with van der Waals surface area (Å²) in [7, 11) is 1.72. The standard InChI is InChI=1S/C22H28ClN5O3/c1-13(29)26-15-5-3-4-14(8-15)22(30)27-21-9-17(19(23)11-24-21)18-10-25-28-12-16(31-2)6-7-20(18)28/h9-11,14-16H,3-8,12H2,1-2H3,(H,26,29)(H,24,27,30)/t14-,15+,16?/m1/s1. The van der Waals surface area contributed by atoms with Crippen molar-refractivity contribution in [2.45, 2.75) is 64.1 Å². The van der Waals surface area contributed by atoms with E-state index in [0.29, 0.717) is 17.3 Å². The third-order valence-electron chi connectivity index (χ3n) is 6.21. The quantitative estimate of drug-likeness (QED) is 0.736. The lowest BCUT2D eigenvalue weighted by Gasteiger charge is -2.28. The predicted molar refractivity (Wildman–Crippen MR) is 118 cm³/mol. The normalized spacial score (nSPS) is 23.1. The van der Waals surface area contributed by atoms with Crippen LogP contribution < -0.4 is 10.6 Å². The van der Waals surface area contributed by atoms with Gasteiger partial charge in [-0.15, -0.1) is 0 Å². The Bertz CT molecular complexity index is 976. The lowest BCUT2D eigenvalue weighted by atomic mass is 9.85. The summed E-state index contributed by atoms with van der Waals surface area (Å²) in [6, 6.07) is 1.86. The number of aromatic nitrogens is 3. The molecule has 2 aromatic rings. The fraction of sp³-hybridized carbons (Fsp3) is 0.545.